The van der Waals surface area contributed by atoms with Gasteiger partial charge in [0.2, 0.25) is 0 Å². The van der Waals surface area contributed by atoms with E-state index in [1.54, 1.807) is 0 Å². The van der Waals surface area contributed by atoms with E-state index >= 15 is 0 Å². The zero-order chi connectivity index (χ0) is 11.3. The fourth-order valence-electron chi connectivity index (χ4n) is 1.45. The van der Waals surface area contributed by atoms with Crippen LogP contribution in [-0.2, 0) is 0 Å². The third-order valence-electron chi connectivity index (χ3n) is 2.47. The number of nitrogen functional groups attached to an aromatic ring is 1. The predicted octanol–water partition coefficient (Wildman–Crippen LogP) is 2.01. The van der Waals surface area contributed by atoms with Crippen molar-refractivity contribution in [2.45, 2.75) is 20.3 Å². The van der Waals surface area contributed by atoms with Crippen LogP contribution in [0, 0.1) is 12.8 Å². The van der Waals surface area contributed by atoms with Crippen molar-refractivity contribution in [3.8, 4) is 0 Å². The maximum absolute atomic E-state index is 8.77. The largest absolute Gasteiger partial charge is 0.397 e. The Hall–Kier alpha value is -1.22. The second-order valence-corrected chi connectivity index (χ2v) is 4.09. The molecular formula is C12H20N2O. The van der Waals surface area contributed by atoms with Gasteiger partial charge in [-0.3, -0.25) is 0 Å². The quantitative estimate of drug-likeness (QED) is 0.649. The summed E-state index contributed by atoms with van der Waals surface area (Å²) in [5.74, 6) is 0.454. The van der Waals surface area contributed by atoms with Gasteiger partial charge in [-0.05, 0) is 37.0 Å². The summed E-state index contributed by atoms with van der Waals surface area (Å²) >= 11 is 0. The summed E-state index contributed by atoms with van der Waals surface area (Å²) in [7, 11) is 0. The minimum Gasteiger partial charge on any atom is -0.397 e. The van der Waals surface area contributed by atoms with Crippen molar-refractivity contribution in [2.24, 2.45) is 5.92 Å². The summed E-state index contributed by atoms with van der Waals surface area (Å²) in [6.07, 6.45) is 0.818. The number of nitrogens with two attached hydrogens (primary N) is 1. The van der Waals surface area contributed by atoms with E-state index < -0.39 is 0 Å². The van der Waals surface area contributed by atoms with Crippen LogP contribution >= 0.6 is 0 Å². The molecule has 1 atom stereocenters. The first-order valence-electron chi connectivity index (χ1n) is 5.34. The number of aliphatic hydroxyl groups is 1. The Bertz CT molecular complexity index is 312. The maximum atomic E-state index is 8.77. The SMILES string of the molecule is Cc1ccc(NCC(C)CCO)c(N)c1. The molecule has 0 bridgehead atoms. The highest BCUT2D eigenvalue weighted by Crippen LogP contribution is 2.19. The molecule has 84 valence electrons. The van der Waals surface area contributed by atoms with Crippen molar-refractivity contribution in [1.82, 2.24) is 0 Å². The molecule has 3 heteroatoms. The summed E-state index contributed by atoms with van der Waals surface area (Å²) < 4.78 is 0. The number of anilines is 2. The Balaban J connectivity index is 2.50. The highest BCUT2D eigenvalue weighted by molar-refractivity contribution is 5.66. The smallest absolute Gasteiger partial charge is 0.0574 e. The molecule has 0 spiro atoms. The van der Waals surface area contributed by atoms with Gasteiger partial charge in [-0.25, -0.2) is 0 Å². The lowest BCUT2D eigenvalue weighted by molar-refractivity contribution is 0.266. The molecule has 1 unspecified atom stereocenters. The number of rotatable bonds is 5. The van der Waals surface area contributed by atoms with Crippen molar-refractivity contribution < 1.29 is 5.11 Å². The molecule has 0 fully saturated rings. The van der Waals surface area contributed by atoms with Crippen molar-refractivity contribution in [3.05, 3.63) is 23.8 Å². The van der Waals surface area contributed by atoms with Gasteiger partial charge in [-0.2, -0.15) is 0 Å². The zero-order valence-electron chi connectivity index (χ0n) is 9.46. The number of benzene rings is 1. The predicted molar refractivity (Wildman–Crippen MR) is 64.9 cm³/mol. The van der Waals surface area contributed by atoms with E-state index in [9.17, 15) is 0 Å². The Morgan fingerprint density at radius 2 is 2.20 bits per heavy atom. The van der Waals surface area contributed by atoms with Gasteiger partial charge in [0.15, 0.2) is 0 Å². The highest BCUT2D eigenvalue weighted by Gasteiger charge is 2.03. The van der Waals surface area contributed by atoms with Crippen molar-refractivity contribution in [2.75, 3.05) is 24.2 Å². The summed E-state index contributed by atoms with van der Waals surface area (Å²) in [6.45, 7) is 5.21. The van der Waals surface area contributed by atoms with E-state index in [4.69, 9.17) is 10.8 Å². The third-order valence-corrected chi connectivity index (χ3v) is 2.47. The molecule has 0 aliphatic heterocycles. The summed E-state index contributed by atoms with van der Waals surface area (Å²) in [6, 6.07) is 5.99. The Kier molecular flexibility index (Phi) is 4.43. The molecule has 1 rings (SSSR count). The van der Waals surface area contributed by atoms with Gasteiger partial charge in [0.05, 0.1) is 11.4 Å². The van der Waals surface area contributed by atoms with Crippen molar-refractivity contribution >= 4 is 11.4 Å². The lowest BCUT2D eigenvalue weighted by Gasteiger charge is -2.14. The maximum Gasteiger partial charge on any atom is 0.0574 e. The number of hydrogen-bond acceptors (Lipinski definition) is 3. The molecule has 1 aromatic rings. The average molecular weight is 208 g/mol. The molecule has 0 amide bonds. The molecule has 0 radical (unpaired) electrons. The molecule has 0 saturated carbocycles. The second kappa shape index (κ2) is 5.61. The van der Waals surface area contributed by atoms with Crippen LogP contribution in [0.2, 0.25) is 0 Å². The molecule has 15 heavy (non-hydrogen) atoms. The molecule has 0 aromatic heterocycles. The molecule has 1 aromatic carbocycles. The molecular weight excluding hydrogens is 188 g/mol. The van der Waals surface area contributed by atoms with Gasteiger partial charge >= 0.3 is 0 Å². The van der Waals surface area contributed by atoms with E-state index in [0.29, 0.717) is 5.92 Å². The molecule has 3 nitrogen and oxygen atoms in total. The standard InChI is InChI=1S/C12H20N2O/c1-9-3-4-12(11(13)7-9)14-8-10(2)5-6-15/h3-4,7,10,14-15H,5-6,8,13H2,1-2H3. The Labute approximate surface area is 91.3 Å². The molecule has 0 saturated heterocycles. The van der Waals surface area contributed by atoms with Crippen molar-refractivity contribution in [3.63, 3.8) is 0 Å². The molecule has 0 aliphatic rings. The minimum absolute atomic E-state index is 0.242. The van der Waals surface area contributed by atoms with Gasteiger partial charge in [-0.1, -0.05) is 13.0 Å². The topological polar surface area (TPSA) is 58.3 Å². The van der Waals surface area contributed by atoms with E-state index in [2.05, 4.69) is 12.2 Å². The van der Waals surface area contributed by atoms with Crippen LogP contribution in [0.3, 0.4) is 0 Å². The fraction of sp³-hybridized carbons (Fsp3) is 0.500. The Morgan fingerprint density at radius 1 is 1.47 bits per heavy atom. The van der Waals surface area contributed by atoms with E-state index in [1.165, 1.54) is 5.56 Å². The number of aliphatic hydroxyl groups excluding tert-OH is 1. The minimum atomic E-state index is 0.242. The van der Waals surface area contributed by atoms with Crippen LogP contribution in [0.1, 0.15) is 18.9 Å². The van der Waals surface area contributed by atoms with Crippen LogP contribution in [0.5, 0.6) is 0 Å². The zero-order valence-corrected chi connectivity index (χ0v) is 9.46. The van der Waals surface area contributed by atoms with E-state index in [1.807, 2.05) is 25.1 Å². The van der Waals surface area contributed by atoms with Crippen LogP contribution < -0.4 is 11.1 Å². The van der Waals surface area contributed by atoms with Gasteiger partial charge in [0, 0.05) is 13.2 Å². The first kappa shape index (κ1) is 11.9. The van der Waals surface area contributed by atoms with Crippen LogP contribution in [0.4, 0.5) is 11.4 Å². The van der Waals surface area contributed by atoms with Gasteiger partial charge in [-0.15, -0.1) is 0 Å². The monoisotopic (exact) mass is 208 g/mol. The lowest BCUT2D eigenvalue weighted by Crippen LogP contribution is -2.13. The first-order chi connectivity index (χ1) is 7.13. The summed E-state index contributed by atoms with van der Waals surface area (Å²) in [5.41, 5.74) is 8.80. The Morgan fingerprint density at radius 3 is 2.80 bits per heavy atom. The highest BCUT2D eigenvalue weighted by atomic mass is 16.3. The molecule has 0 aliphatic carbocycles. The number of hydrogen-bond donors (Lipinski definition) is 3. The van der Waals surface area contributed by atoms with E-state index in [0.717, 1.165) is 24.3 Å². The van der Waals surface area contributed by atoms with Gasteiger partial charge in [0.1, 0.15) is 0 Å². The van der Waals surface area contributed by atoms with Gasteiger partial charge in [0.25, 0.3) is 0 Å². The van der Waals surface area contributed by atoms with Crippen LogP contribution in [-0.4, -0.2) is 18.3 Å². The average Bonchev–Trinajstić information content (AvgIpc) is 2.17. The van der Waals surface area contributed by atoms with Crippen molar-refractivity contribution in [1.29, 1.82) is 0 Å². The summed E-state index contributed by atoms with van der Waals surface area (Å²) in [5, 5.41) is 12.1. The van der Waals surface area contributed by atoms with Crippen LogP contribution in [0.25, 0.3) is 0 Å². The second-order valence-electron chi connectivity index (χ2n) is 4.09. The van der Waals surface area contributed by atoms with Crippen LogP contribution in [0.15, 0.2) is 18.2 Å². The first-order valence-corrected chi connectivity index (χ1v) is 5.34. The third kappa shape index (κ3) is 3.80. The van der Waals surface area contributed by atoms with E-state index in [-0.39, 0.29) is 6.61 Å². The normalized spacial score (nSPS) is 12.5. The number of aryl methyl sites for hydroxylation is 1. The number of nitrogens with one attached hydrogen (secondary N) is 1. The molecule has 0 heterocycles. The molecule has 4 N–H and O–H groups in total. The lowest BCUT2D eigenvalue weighted by atomic mass is 10.1. The van der Waals surface area contributed by atoms with Gasteiger partial charge < -0.3 is 16.2 Å². The summed E-state index contributed by atoms with van der Waals surface area (Å²) in [4.78, 5) is 0. The fourth-order valence-corrected chi connectivity index (χ4v) is 1.45.